The van der Waals surface area contributed by atoms with E-state index in [4.69, 9.17) is 4.74 Å². The average molecular weight is 481 g/mol. The van der Waals surface area contributed by atoms with Crippen molar-refractivity contribution < 1.29 is 14.3 Å². The lowest BCUT2D eigenvalue weighted by Crippen LogP contribution is -2.46. The van der Waals surface area contributed by atoms with Crippen molar-refractivity contribution in [2.24, 2.45) is 5.41 Å². The Hall–Kier alpha value is -2.47. The first-order chi connectivity index (χ1) is 16.5. The minimum absolute atomic E-state index is 0.0557. The molecule has 2 saturated carbocycles. The molecular weight excluding hydrogens is 444 g/mol. The second kappa shape index (κ2) is 11.3. The number of rotatable bonds is 6. The van der Waals surface area contributed by atoms with Gasteiger partial charge in [-0.3, -0.25) is 0 Å². The van der Waals surface area contributed by atoms with Crippen molar-refractivity contribution in [2.75, 3.05) is 18.7 Å². The highest BCUT2D eigenvalue weighted by atomic mass is 32.2. The van der Waals surface area contributed by atoms with Crippen LogP contribution in [0.4, 0.5) is 10.5 Å². The van der Waals surface area contributed by atoms with Gasteiger partial charge in [-0.2, -0.15) is 0 Å². The largest absolute Gasteiger partial charge is 0.465 e. The monoisotopic (exact) mass is 480 g/mol. The fourth-order valence-corrected chi connectivity index (χ4v) is 6.11. The minimum Gasteiger partial charge on any atom is -0.465 e. The average Bonchev–Trinajstić information content (AvgIpc) is 2.88. The van der Waals surface area contributed by atoms with Crippen molar-refractivity contribution in [3.63, 3.8) is 0 Å². The SMILES string of the molecule is COC(=O)c1ccc(CN(C(=O)Nc2cccc(SC)c2)C2CCC3(CCCCC3)CC2)cc1. The summed E-state index contributed by atoms with van der Waals surface area (Å²) >= 11 is 1.66. The van der Waals surface area contributed by atoms with E-state index in [1.807, 2.05) is 47.6 Å². The third kappa shape index (κ3) is 5.96. The second-order valence-electron chi connectivity index (χ2n) is 9.77. The molecule has 2 aliphatic rings. The molecule has 34 heavy (non-hydrogen) atoms. The maximum atomic E-state index is 13.5. The first-order valence-corrected chi connectivity index (χ1v) is 13.6. The topological polar surface area (TPSA) is 58.6 Å². The Balaban J connectivity index is 1.50. The van der Waals surface area contributed by atoms with Gasteiger partial charge in [0.25, 0.3) is 0 Å². The highest BCUT2D eigenvalue weighted by Gasteiger charge is 2.38. The fourth-order valence-electron chi connectivity index (χ4n) is 5.65. The zero-order chi connectivity index (χ0) is 24.0. The summed E-state index contributed by atoms with van der Waals surface area (Å²) in [4.78, 5) is 28.5. The number of hydrogen-bond donors (Lipinski definition) is 1. The van der Waals surface area contributed by atoms with Crippen molar-refractivity contribution in [1.82, 2.24) is 4.90 Å². The smallest absolute Gasteiger partial charge is 0.337 e. The summed E-state index contributed by atoms with van der Waals surface area (Å²) in [6, 6.07) is 15.5. The molecule has 0 heterocycles. The van der Waals surface area contributed by atoms with Crippen LogP contribution in [0.25, 0.3) is 0 Å². The zero-order valence-electron chi connectivity index (χ0n) is 20.3. The molecule has 0 aromatic heterocycles. The van der Waals surface area contributed by atoms with Gasteiger partial charge in [-0.15, -0.1) is 11.8 Å². The van der Waals surface area contributed by atoms with Gasteiger partial charge in [0.1, 0.15) is 0 Å². The number of carbonyl (C=O) groups excluding carboxylic acids is 2. The van der Waals surface area contributed by atoms with E-state index in [1.54, 1.807) is 23.9 Å². The standard InChI is InChI=1S/C28H36N2O3S/c1-33-26(31)22-11-9-21(10-12-22)20-30(27(32)29-23-7-6-8-25(19-23)34-2)24-13-17-28(18-14-24)15-4-3-5-16-28/h6-12,19,24H,3-5,13-18,20H2,1-2H3,(H,29,32). The molecule has 0 unspecified atom stereocenters. The van der Waals surface area contributed by atoms with Crippen LogP contribution in [0.1, 0.15) is 73.7 Å². The van der Waals surface area contributed by atoms with Crippen molar-refractivity contribution in [3.05, 3.63) is 59.7 Å². The lowest BCUT2D eigenvalue weighted by Gasteiger charge is -2.45. The van der Waals surface area contributed by atoms with Gasteiger partial charge in [-0.1, -0.05) is 37.5 Å². The molecular formula is C28H36N2O3S. The number of amides is 2. The van der Waals surface area contributed by atoms with Gasteiger partial charge in [0, 0.05) is 23.2 Å². The quantitative estimate of drug-likeness (QED) is 0.353. The van der Waals surface area contributed by atoms with E-state index in [2.05, 4.69) is 5.32 Å². The first-order valence-electron chi connectivity index (χ1n) is 12.4. The van der Waals surface area contributed by atoms with Gasteiger partial charge in [0.05, 0.1) is 12.7 Å². The van der Waals surface area contributed by atoms with Crippen LogP contribution >= 0.6 is 11.8 Å². The van der Waals surface area contributed by atoms with E-state index < -0.39 is 0 Å². The number of urea groups is 1. The van der Waals surface area contributed by atoms with Gasteiger partial charge in [-0.25, -0.2) is 9.59 Å². The van der Waals surface area contributed by atoms with Gasteiger partial charge in [0.2, 0.25) is 0 Å². The lowest BCUT2D eigenvalue weighted by atomic mass is 9.64. The van der Waals surface area contributed by atoms with E-state index >= 15 is 0 Å². The lowest BCUT2D eigenvalue weighted by molar-refractivity contribution is 0.0600. The molecule has 1 N–H and O–H groups in total. The Labute approximate surface area is 207 Å². The highest BCUT2D eigenvalue weighted by Crippen LogP contribution is 2.48. The number of methoxy groups -OCH3 is 1. The predicted octanol–water partition coefficient (Wildman–Crippen LogP) is 7.12. The normalized spacial score (nSPS) is 17.8. The number of nitrogens with one attached hydrogen (secondary N) is 1. The van der Waals surface area contributed by atoms with Crippen LogP contribution in [0.15, 0.2) is 53.4 Å². The van der Waals surface area contributed by atoms with Crippen LogP contribution in [-0.4, -0.2) is 36.3 Å². The Morgan fingerprint density at radius 2 is 1.74 bits per heavy atom. The van der Waals surface area contributed by atoms with Gasteiger partial charge in [-0.05, 0) is 86.1 Å². The number of thioether (sulfide) groups is 1. The summed E-state index contributed by atoms with van der Waals surface area (Å²) in [5.41, 5.74) is 2.86. The van der Waals surface area contributed by atoms with Crippen LogP contribution in [-0.2, 0) is 11.3 Å². The third-order valence-corrected chi connectivity index (χ3v) is 8.41. The Morgan fingerprint density at radius 1 is 1.03 bits per heavy atom. The molecule has 2 aromatic carbocycles. The molecule has 0 atom stereocenters. The number of benzene rings is 2. The van der Waals surface area contributed by atoms with Gasteiger partial charge >= 0.3 is 12.0 Å². The Morgan fingerprint density at radius 3 is 2.38 bits per heavy atom. The molecule has 1 spiro atoms. The summed E-state index contributed by atoms with van der Waals surface area (Å²) in [6.45, 7) is 0.521. The summed E-state index contributed by atoms with van der Waals surface area (Å²) in [7, 11) is 1.39. The summed E-state index contributed by atoms with van der Waals surface area (Å²) in [6.07, 6.45) is 13.3. The molecule has 6 heteroatoms. The molecule has 0 radical (unpaired) electrons. The van der Waals surface area contributed by atoms with Crippen molar-refractivity contribution in [3.8, 4) is 0 Å². The Kier molecular flexibility index (Phi) is 8.19. The predicted molar refractivity (Wildman–Crippen MR) is 138 cm³/mol. The van der Waals surface area contributed by atoms with Gasteiger partial charge < -0.3 is 15.0 Å². The van der Waals surface area contributed by atoms with Crippen LogP contribution < -0.4 is 5.32 Å². The molecule has 2 aliphatic carbocycles. The molecule has 0 aliphatic heterocycles. The van der Waals surface area contributed by atoms with Crippen molar-refractivity contribution in [1.29, 1.82) is 0 Å². The number of nitrogens with zero attached hydrogens (tertiary/aromatic N) is 1. The Bertz CT molecular complexity index is 975. The number of ether oxygens (including phenoxy) is 1. The molecule has 0 bridgehead atoms. The van der Waals surface area contributed by atoms with E-state index in [9.17, 15) is 9.59 Å². The molecule has 5 nitrogen and oxygen atoms in total. The maximum Gasteiger partial charge on any atom is 0.337 e. The molecule has 2 amide bonds. The summed E-state index contributed by atoms with van der Waals surface area (Å²) < 4.78 is 4.82. The van der Waals surface area contributed by atoms with Crippen molar-refractivity contribution in [2.45, 2.75) is 75.3 Å². The van der Waals surface area contributed by atoms with E-state index in [-0.39, 0.29) is 18.0 Å². The van der Waals surface area contributed by atoms with Crippen LogP contribution in [0.5, 0.6) is 0 Å². The van der Waals surface area contributed by atoms with Crippen molar-refractivity contribution >= 4 is 29.4 Å². The molecule has 2 fully saturated rings. The maximum absolute atomic E-state index is 13.5. The highest BCUT2D eigenvalue weighted by molar-refractivity contribution is 7.98. The number of hydrogen-bond acceptors (Lipinski definition) is 4. The van der Waals surface area contributed by atoms with Crippen LogP contribution in [0, 0.1) is 5.41 Å². The zero-order valence-corrected chi connectivity index (χ0v) is 21.2. The van der Waals surface area contributed by atoms with Crippen LogP contribution in [0.3, 0.4) is 0 Å². The molecule has 2 aromatic rings. The summed E-state index contributed by atoms with van der Waals surface area (Å²) in [5.74, 6) is -0.347. The van der Waals surface area contributed by atoms with Gasteiger partial charge in [0.15, 0.2) is 0 Å². The third-order valence-electron chi connectivity index (χ3n) is 7.68. The van der Waals surface area contributed by atoms with Crippen LogP contribution in [0.2, 0.25) is 0 Å². The van der Waals surface area contributed by atoms with E-state index in [1.165, 1.54) is 52.1 Å². The molecule has 182 valence electrons. The first kappa shape index (κ1) is 24.6. The van der Waals surface area contributed by atoms with E-state index in [0.29, 0.717) is 17.5 Å². The molecule has 4 rings (SSSR count). The van der Waals surface area contributed by atoms with E-state index in [0.717, 1.165) is 29.0 Å². The number of anilines is 1. The summed E-state index contributed by atoms with van der Waals surface area (Å²) in [5, 5.41) is 3.14. The number of esters is 1. The second-order valence-corrected chi connectivity index (χ2v) is 10.7. The molecule has 0 saturated heterocycles. The number of carbonyl (C=O) groups is 2. The fraction of sp³-hybridized carbons (Fsp3) is 0.500. The minimum atomic E-state index is -0.347.